The lowest BCUT2D eigenvalue weighted by Gasteiger charge is -2.31. The van der Waals surface area contributed by atoms with Gasteiger partial charge in [-0.05, 0) is 0 Å². The van der Waals surface area contributed by atoms with E-state index in [2.05, 4.69) is 0 Å². The molecule has 0 aromatic carbocycles. The predicted octanol–water partition coefficient (Wildman–Crippen LogP) is 1.41. The van der Waals surface area contributed by atoms with Crippen molar-refractivity contribution < 1.29 is 41.0 Å². The number of hydrogen-bond donors (Lipinski definition) is 1. The third kappa shape index (κ3) is 2.85. The Morgan fingerprint density at radius 3 is 1.94 bits per heavy atom. The van der Waals surface area contributed by atoms with Crippen molar-refractivity contribution >= 4 is 11.9 Å². The summed E-state index contributed by atoms with van der Waals surface area (Å²) in [5.41, 5.74) is 0. The minimum Gasteiger partial charge on any atom is -0.481 e. The Bertz CT molecular complexity index is 349. The molecule has 1 amide bonds. The highest BCUT2D eigenvalue weighted by Crippen LogP contribution is 2.39. The number of carbonyl (C=O) groups is 2. The lowest BCUT2D eigenvalue weighted by Crippen LogP contribution is -2.55. The van der Waals surface area contributed by atoms with Crippen LogP contribution in [-0.2, 0) is 9.59 Å². The van der Waals surface area contributed by atoms with Crippen molar-refractivity contribution in [2.45, 2.75) is 24.8 Å². The number of halogens is 6. The molecule has 0 spiro atoms. The van der Waals surface area contributed by atoms with Gasteiger partial charge in [-0.1, -0.05) is 0 Å². The molecule has 0 aromatic heterocycles. The molecule has 10 heteroatoms. The fraction of sp³-hybridized carbons (Fsp3) is 0.750. The molecule has 1 N–H and O–H groups in total. The van der Waals surface area contributed by atoms with Crippen LogP contribution < -0.4 is 0 Å². The van der Waals surface area contributed by atoms with Crippen molar-refractivity contribution in [2.24, 2.45) is 5.92 Å². The van der Waals surface area contributed by atoms with Gasteiger partial charge < -0.3 is 10.0 Å². The Labute approximate surface area is 96.2 Å². The standard InChI is InChI=1S/C8H7F6NO3/c9-7(10,11)6(8(12,13)14)15-2-3(5(17)18)1-4(15)16/h3,6H,1-2H2,(H,17,18). The van der Waals surface area contributed by atoms with Gasteiger partial charge in [0.15, 0.2) is 0 Å². The van der Waals surface area contributed by atoms with Gasteiger partial charge in [0.05, 0.1) is 5.92 Å². The highest BCUT2D eigenvalue weighted by atomic mass is 19.4. The van der Waals surface area contributed by atoms with Crippen LogP contribution in [0.15, 0.2) is 0 Å². The molecule has 1 unspecified atom stereocenters. The highest BCUT2D eigenvalue weighted by molar-refractivity contribution is 5.86. The summed E-state index contributed by atoms with van der Waals surface area (Å²) >= 11 is 0. The SMILES string of the molecule is O=C(O)C1CC(=O)N(C(C(F)(F)F)C(F)(F)F)C1. The summed E-state index contributed by atoms with van der Waals surface area (Å²) in [6.45, 7) is -1.10. The van der Waals surface area contributed by atoms with Crippen molar-refractivity contribution in [1.82, 2.24) is 4.90 Å². The van der Waals surface area contributed by atoms with Crippen molar-refractivity contribution in [2.75, 3.05) is 6.54 Å². The summed E-state index contributed by atoms with van der Waals surface area (Å²) in [6.07, 6.45) is -12.2. The zero-order valence-corrected chi connectivity index (χ0v) is 8.55. The van der Waals surface area contributed by atoms with Crippen LogP contribution in [0, 0.1) is 5.92 Å². The Balaban J connectivity index is 3.03. The molecule has 1 fully saturated rings. The van der Waals surface area contributed by atoms with Crippen molar-refractivity contribution in [3.05, 3.63) is 0 Å². The summed E-state index contributed by atoms with van der Waals surface area (Å²) in [4.78, 5) is 21.1. The number of nitrogens with zero attached hydrogens (tertiary/aromatic N) is 1. The van der Waals surface area contributed by atoms with Crippen LogP contribution >= 0.6 is 0 Å². The minimum atomic E-state index is -5.69. The first-order chi connectivity index (χ1) is 7.94. The zero-order valence-electron chi connectivity index (χ0n) is 8.55. The largest absolute Gasteiger partial charge is 0.481 e. The van der Waals surface area contributed by atoms with E-state index in [4.69, 9.17) is 5.11 Å². The molecule has 0 radical (unpaired) electrons. The number of carboxylic acid groups (broad SMARTS) is 1. The average Bonchev–Trinajstić information content (AvgIpc) is 2.43. The van der Waals surface area contributed by atoms with Gasteiger partial charge in [0.2, 0.25) is 11.9 Å². The molecule has 1 saturated heterocycles. The van der Waals surface area contributed by atoms with Crippen molar-refractivity contribution in [3.63, 3.8) is 0 Å². The van der Waals surface area contributed by atoms with Crippen LogP contribution in [-0.4, -0.2) is 46.8 Å². The number of aliphatic carboxylic acids is 1. The van der Waals surface area contributed by atoms with E-state index >= 15 is 0 Å². The number of carboxylic acids is 1. The summed E-state index contributed by atoms with van der Waals surface area (Å²) in [5.74, 6) is -4.62. The van der Waals surface area contributed by atoms with Gasteiger partial charge in [-0.3, -0.25) is 9.59 Å². The molecule has 1 aliphatic heterocycles. The molecule has 0 aromatic rings. The van der Waals surface area contributed by atoms with E-state index in [0.29, 0.717) is 0 Å². The van der Waals surface area contributed by atoms with Crippen LogP contribution in [0.1, 0.15) is 6.42 Å². The second-order valence-corrected chi connectivity index (χ2v) is 3.77. The first-order valence-electron chi connectivity index (χ1n) is 4.60. The Kier molecular flexibility index (Phi) is 3.50. The Morgan fingerprint density at radius 1 is 1.22 bits per heavy atom. The van der Waals surface area contributed by atoms with Crippen LogP contribution in [0.2, 0.25) is 0 Å². The van der Waals surface area contributed by atoms with Crippen LogP contribution in [0.4, 0.5) is 26.3 Å². The van der Waals surface area contributed by atoms with Gasteiger partial charge in [-0.15, -0.1) is 0 Å². The number of rotatable bonds is 2. The average molecular weight is 279 g/mol. The normalized spacial score (nSPS) is 21.8. The number of alkyl halides is 6. The quantitative estimate of drug-likeness (QED) is 0.778. The summed E-state index contributed by atoms with van der Waals surface area (Å²) < 4.78 is 73.8. The lowest BCUT2D eigenvalue weighted by atomic mass is 10.1. The zero-order chi connectivity index (χ0) is 14.3. The Hall–Kier alpha value is -1.48. The van der Waals surface area contributed by atoms with Gasteiger partial charge in [0.25, 0.3) is 0 Å². The maximum Gasteiger partial charge on any atom is 0.417 e. The Morgan fingerprint density at radius 2 is 1.67 bits per heavy atom. The summed E-state index contributed by atoms with van der Waals surface area (Å²) in [7, 11) is 0. The van der Waals surface area contributed by atoms with Crippen LogP contribution in [0.5, 0.6) is 0 Å². The van der Waals surface area contributed by atoms with Gasteiger partial charge in [0.1, 0.15) is 0 Å². The number of likely N-dealkylation sites (tertiary alicyclic amines) is 1. The van der Waals surface area contributed by atoms with Gasteiger partial charge in [-0.2, -0.15) is 26.3 Å². The molecule has 104 valence electrons. The molecule has 18 heavy (non-hydrogen) atoms. The van der Waals surface area contributed by atoms with Crippen molar-refractivity contribution in [1.29, 1.82) is 0 Å². The first-order valence-corrected chi connectivity index (χ1v) is 4.60. The predicted molar refractivity (Wildman–Crippen MR) is 43.4 cm³/mol. The molecule has 0 aliphatic carbocycles. The summed E-state index contributed by atoms with van der Waals surface area (Å²) in [6, 6.07) is -3.96. The topological polar surface area (TPSA) is 57.6 Å². The van der Waals surface area contributed by atoms with E-state index in [-0.39, 0.29) is 0 Å². The number of amides is 1. The molecule has 1 atom stereocenters. The molecular weight excluding hydrogens is 272 g/mol. The second kappa shape index (κ2) is 4.32. The number of carbonyl (C=O) groups excluding carboxylic acids is 1. The molecule has 4 nitrogen and oxygen atoms in total. The smallest absolute Gasteiger partial charge is 0.417 e. The van der Waals surface area contributed by atoms with E-state index in [1.165, 1.54) is 0 Å². The van der Waals surface area contributed by atoms with E-state index < -0.39 is 54.1 Å². The fourth-order valence-corrected chi connectivity index (χ4v) is 1.69. The number of hydrogen-bond acceptors (Lipinski definition) is 2. The fourth-order valence-electron chi connectivity index (χ4n) is 1.69. The lowest BCUT2D eigenvalue weighted by molar-refractivity contribution is -0.282. The van der Waals surface area contributed by atoms with Crippen LogP contribution in [0.25, 0.3) is 0 Å². The molecule has 1 aliphatic rings. The van der Waals surface area contributed by atoms with Crippen molar-refractivity contribution in [3.8, 4) is 0 Å². The molecular formula is C8H7F6NO3. The van der Waals surface area contributed by atoms with Crippen LogP contribution in [0.3, 0.4) is 0 Å². The van der Waals surface area contributed by atoms with Gasteiger partial charge in [-0.25, -0.2) is 0 Å². The third-order valence-corrected chi connectivity index (χ3v) is 2.44. The van der Waals surface area contributed by atoms with E-state index in [9.17, 15) is 35.9 Å². The summed E-state index contributed by atoms with van der Waals surface area (Å²) in [5, 5.41) is 8.49. The minimum absolute atomic E-state index is 0.473. The molecule has 0 saturated carbocycles. The van der Waals surface area contributed by atoms with E-state index in [1.807, 2.05) is 0 Å². The highest BCUT2D eigenvalue weighted by Gasteiger charge is 2.62. The molecule has 1 rings (SSSR count). The monoisotopic (exact) mass is 279 g/mol. The van der Waals surface area contributed by atoms with E-state index in [0.717, 1.165) is 0 Å². The second-order valence-electron chi connectivity index (χ2n) is 3.77. The maximum atomic E-state index is 12.3. The molecule has 0 bridgehead atoms. The molecule has 1 heterocycles. The van der Waals surface area contributed by atoms with Gasteiger partial charge >= 0.3 is 18.3 Å². The first kappa shape index (κ1) is 14.6. The third-order valence-electron chi connectivity index (χ3n) is 2.44. The van der Waals surface area contributed by atoms with E-state index in [1.54, 1.807) is 0 Å². The van der Waals surface area contributed by atoms with Gasteiger partial charge in [0, 0.05) is 13.0 Å². The maximum absolute atomic E-state index is 12.3.